The third-order valence-electron chi connectivity index (χ3n) is 4.71. The number of carbonyl (C=O) groups is 2. The Morgan fingerprint density at radius 2 is 1.96 bits per heavy atom. The lowest BCUT2D eigenvalue weighted by atomic mass is 10.1. The van der Waals surface area contributed by atoms with Crippen molar-refractivity contribution in [3.63, 3.8) is 0 Å². The second kappa shape index (κ2) is 7.61. The number of aromatic nitrogens is 2. The van der Waals surface area contributed by atoms with E-state index in [0.717, 1.165) is 29.7 Å². The molecule has 142 valence electrons. The summed E-state index contributed by atoms with van der Waals surface area (Å²) in [6.45, 7) is 4.01. The van der Waals surface area contributed by atoms with Gasteiger partial charge in [-0.25, -0.2) is 9.97 Å². The number of hydrogen-bond donors (Lipinski definition) is 4. The summed E-state index contributed by atoms with van der Waals surface area (Å²) >= 11 is 0. The van der Waals surface area contributed by atoms with Crippen LogP contribution in [0.3, 0.4) is 0 Å². The topological polar surface area (TPSA) is 136 Å². The van der Waals surface area contributed by atoms with E-state index >= 15 is 0 Å². The number of nitrogens with one attached hydrogen (secondary N) is 2. The quantitative estimate of drug-likeness (QED) is 0.562. The molecular formula is C19H24N6O2. The zero-order valence-corrected chi connectivity index (χ0v) is 15.5. The molecule has 1 aromatic carbocycles. The molecule has 1 fully saturated rings. The summed E-state index contributed by atoms with van der Waals surface area (Å²) in [6, 6.07) is 5.27. The fourth-order valence-corrected chi connectivity index (χ4v) is 2.79. The van der Waals surface area contributed by atoms with Crippen LogP contribution in [0.2, 0.25) is 0 Å². The minimum atomic E-state index is -0.690. The summed E-state index contributed by atoms with van der Waals surface area (Å²) < 4.78 is 0. The zero-order valence-electron chi connectivity index (χ0n) is 15.5. The highest BCUT2D eigenvalue weighted by Crippen LogP contribution is 2.34. The molecule has 0 bridgehead atoms. The molecule has 0 radical (unpaired) electrons. The molecule has 8 heteroatoms. The van der Waals surface area contributed by atoms with Crippen LogP contribution in [0.15, 0.2) is 24.4 Å². The number of hydrogen-bond acceptors (Lipinski definition) is 6. The van der Waals surface area contributed by atoms with Crippen LogP contribution in [0, 0.1) is 19.8 Å². The Morgan fingerprint density at radius 1 is 1.22 bits per heavy atom. The number of nitrogens with two attached hydrogens (primary N) is 2. The van der Waals surface area contributed by atoms with Crippen LogP contribution in [0.5, 0.6) is 0 Å². The Hall–Kier alpha value is -3.16. The molecule has 8 nitrogen and oxygen atoms in total. The Kier molecular flexibility index (Phi) is 5.25. The van der Waals surface area contributed by atoms with E-state index in [9.17, 15) is 9.59 Å². The molecule has 1 heterocycles. The average Bonchev–Trinajstić information content (AvgIpc) is 3.41. The number of benzene rings is 1. The van der Waals surface area contributed by atoms with Crippen LogP contribution < -0.4 is 22.1 Å². The maximum Gasteiger partial charge on any atom is 0.271 e. The number of nitrogens with zero attached hydrogens (tertiary/aromatic N) is 2. The first-order valence-corrected chi connectivity index (χ1v) is 8.90. The van der Waals surface area contributed by atoms with Crippen molar-refractivity contribution in [1.82, 2.24) is 9.97 Å². The van der Waals surface area contributed by atoms with Gasteiger partial charge in [-0.1, -0.05) is 18.9 Å². The van der Waals surface area contributed by atoms with E-state index in [1.165, 1.54) is 6.20 Å². The van der Waals surface area contributed by atoms with E-state index < -0.39 is 17.9 Å². The second-order valence-corrected chi connectivity index (χ2v) is 7.02. The molecule has 2 aromatic rings. The van der Waals surface area contributed by atoms with E-state index in [-0.39, 0.29) is 11.5 Å². The van der Waals surface area contributed by atoms with Gasteiger partial charge in [0.25, 0.3) is 5.91 Å². The molecule has 0 unspecified atom stereocenters. The Bertz CT molecular complexity index is 878. The maximum atomic E-state index is 11.7. The van der Waals surface area contributed by atoms with E-state index in [0.29, 0.717) is 18.2 Å². The van der Waals surface area contributed by atoms with Gasteiger partial charge in [0.15, 0.2) is 11.5 Å². The van der Waals surface area contributed by atoms with E-state index in [1.54, 1.807) is 0 Å². The van der Waals surface area contributed by atoms with E-state index in [1.807, 2.05) is 32.0 Å². The van der Waals surface area contributed by atoms with Gasteiger partial charge in [0, 0.05) is 5.69 Å². The number of aryl methyl sites for hydroxylation is 2. The van der Waals surface area contributed by atoms with Crippen LogP contribution in [0.25, 0.3) is 0 Å². The molecule has 0 aliphatic heterocycles. The standard InChI is InChI=1S/C19H24N6O2/c1-10-3-6-13(7-11(10)2)23-19-16(18(21)27)22-9-15(25-19)24-14(17(20)26)8-12-4-5-12/h3,6-7,9,12,14H,4-5,8H2,1-2H3,(H2,20,26)(H2,21,27)(H2,23,24,25)/t14-/m1/s1. The van der Waals surface area contributed by atoms with Gasteiger partial charge in [-0.05, 0) is 49.4 Å². The fourth-order valence-electron chi connectivity index (χ4n) is 2.79. The minimum absolute atomic E-state index is 0.0246. The van der Waals surface area contributed by atoms with Gasteiger partial charge in [0.2, 0.25) is 5.91 Å². The highest BCUT2D eigenvalue weighted by atomic mass is 16.1. The monoisotopic (exact) mass is 368 g/mol. The molecule has 0 spiro atoms. The fraction of sp³-hybridized carbons (Fsp3) is 0.368. The summed E-state index contributed by atoms with van der Waals surface area (Å²) in [4.78, 5) is 31.9. The van der Waals surface area contributed by atoms with Crippen molar-refractivity contribution in [2.75, 3.05) is 10.6 Å². The Morgan fingerprint density at radius 3 is 2.56 bits per heavy atom. The van der Waals surface area contributed by atoms with Gasteiger partial charge in [0.1, 0.15) is 11.9 Å². The van der Waals surface area contributed by atoms with Gasteiger partial charge < -0.3 is 22.1 Å². The predicted octanol–water partition coefficient (Wildman–Crippen LogP) is 2.00. The molecule has 1 saturated carbocycles. The highest BCUT2D eigenvalue weighted by molar-refractivity contribution is 5.96. The van der Waals surface area contributed by atoms with Crippen LogP contribution in [0.1, 0.15) is 40.9 Å². The van der Waals surface area contributed by atoms with Crippen molar-refractivity contribution in [2.45, 2.75) is 39.2 Å². The van der Waals surface area contributed by atoms with Crippen LogP contribution in [-0.2, 0) is 4.79 Å². The van der Waals surface area contributed by atoms with Gasteiger partial charge in [0.05, 0.1) is 6.20 Å². The number of rotatable bonds is 8. The van der Waals surface area contributed by atoms with Gasteiger partial charge >= 0.3 is 0 Å². The van der Waals surface area contributed by atoms with Crippen molar-refractivity contribution >= 4 is 29.1 Å². The molecule has 1 aromatic heterocycles. The van der Waals surface area contributed by atoms with Crippen molar-refractivity contribution in [3.05, 3.63) is 41.2 Å². The lowest BCUT2D eigenvalue weighted by molar-refractivity contribution is -0.118. The van der Waals surface area contributed by atoms with Crippen molar-refractivity contribution in [1.29, 1.82) is 0 Å². The summed E-state index contributed by atoms with van der Waals surface area (Å²) in [5, 5.41) is 6.11. The van der Waals surface area contributed by atoms with Gasteiger partial charge in [-0.2, -0.15) is 0 Å². The highest BCUT2D eigenvalue weighted by Gasteiger charge is 2.28. The minimum Gasteiger partial charge on any atom is -0.368 e. The van der Waals surface area contributed by atoms with E-state index in [4.69, 9.17) is 11.5 Å². The summed E-state index contributed by atoms with van der Waals surface area (Å²) in [6.07, 6.45) is 4.26. The van der Waals surface area contributed by atoms with E-state index in [2.05, 4.69) is 20.6 Å². The van der Waals surface area contributed by atoms with Crippen LogP contribution >= 0.6 is 0 Å². The van der Waals surface area contributed by atoms with Crippen LogP contribution in [0.4, 0.5) is 17.3 Å². The first kappa shape index (κ1) is 18.6. The normalized spacial score (nSPS) is 14.4. The molecule has 2 amide bonds. The lowest BCUT2D eigenvalue weighted by Gasteiger charge is -2.17. The Balaban J connectivity index is 1.86. The van der Waals surface area contributed by atoms with Crippen LogP contribution in [-0.4, -0.2) is 27.8 Å². The number of anilines is 3. The maximum absolute atomic E-state index is 11.7. The third-order valence-corrected chi connectivity index (χ3v) is 4.71. The second-order valence-electron chi connectivity index (χ2n) is 7.02. The van der Waals surface area contributed by atoms with Crippen molar-refractivity contribution < 1.29 is 9.59 Å². The first-order valence-electron chi connectivity index (χ1n) is 8.90. The zero-order chi connectivity index (χ0) is 19.6. The Labute approximate surface area is 157 Å². The van der Waals surface area contributed by atoms with Crippen molar-refractivity contribution in [3.8, 4) is 0 Å². The average molecular weight is 368 g/mol. The lowest BCUT2D eigenvalue weighted by Crippen LogP contribution is -2.36. The molecule has 6 N–H and O–H groups in total. The number of carbonyl (C=O) groups excluding carboxylic acids is 2. The molecule has 1 aliphatic carbocycles. The number of amides is 2. The molecule has 1 atom stereocenters. The van der Waals surface area contributed by atoms with Gasteiger partial charge in [-0.3, -0.25) is 9.59 Å². The van der Waals surface area contributed by atoms with Crippen molar-refractivity contribution in [2.24, 2.45) is 17.4 Å². The van der Waals surface area contributed by atoms with Gasteiger partial charge in [-0.15, -0.1) is 0 Å². The smallest absolute Gasteiger partial charge is 0.271 e. The number of primary amides is 2. The molecule has 0 saturated heterocycles. The summed E-state index contributed by atoms with van der Waals surface area (Å²) in [7, 11) is 0. The molecule has 3 rings (SSSR count). The SMILES string of the molecule is Cc1ccc(Nc2nc(N[C@H](CC3CC3)C(N)=O)cnc2C(N)=O)cc1C. The predicted molar refractivity (Wildman–Crippen MR) is 104 cm³/mol. The first-order chi connectivity index (χ1) is 12.8. The molecular weight excluding hydrogens is 344 g/mol. The largest absolute Gasteiger partial charge is 0.368 e. The molecule has 1 aliphatic rings. The summed E-state index contributed by atoms with van der Waals surface area (Å²) in [5.74, 6) is -0.0293. The molecule has 27 heavy (non-hydrogen) atoms. The third kappa shape index (κ3) is 4.72. The summed E-state index contributed by atoms with van der Waals surface area (Å²) in [5.41, 5.74) is 13.9.